The molecule has 0 spiro atoms. The van der Waals surface area contributed by atoms with E-state index < -0.39 is 29.0 Å². The van der Waals surface area contributed by atoms with Gasteiger partial charge in [0.2, 0.25) is 0 Å². The molecule has 0 bridgehead atoms. The van der Waals surface area contributed by atoms with E-state index in [1.54, 1.807) is 36.4 Å². The van der Waals surface area contributed by atoms with Crippen molar-refractivity contribution in [2.24, 2.45) is 0 Å². The first-order valence-corrected chi connectivity index (χ1v) is 10.1. The van der Waals surface area contributed by atoms with Crippen molar-refractivity contribution in [2.75, 3.05) is 17.2 Å². The van der Waals surface area contributed by atoms with Crippen LogP contribution in [-0.2, 0) is 6.18 Å². The first-order valence-electron chi connectivity index (χ1n) is 9.76. The molecule has 0 aliphatic heterocycles. The number of halogens is 4. The lowest BCUT2D eigenvalue weighted by molar-refractivity contribution is -0.137. The largest absolute Gasteiger partial charge is 0.457 e. The number of anilines is 2. The molecule has 1 heterocycles. The van der Waals surface area contributed by atoms with Crippen LogP contribution in [0.2, 0.25) is 5.02 Å². The van der Waals surface area contributed by atoms with E-state index in [9.17, 15) is 23.1 Å². The van der Waals surface area contributed by atoms with Gasteiger partial charge in [-0.1, -0.05) is 18.5 Å². The molecule has 0 radical (unpaired) electrons. The Labute approximate surface area is 192 Å². The maximum Gasteiger partial charge on any atom is 0.417 e. The fourth-order valence-corrected chi connectivity index (χ4v) is 3.02. The summed E-state index contributed by atoms with van der Waals surface area (Å²) in [6.07, 6.45) is -4.05. The predicted molar refractivity (Wildman–Crippen MR) is 118 cm³/mol. The lowest BCUT2D eigenvalue weighted by atomic mass is 10.2. The Morgan fingerprint density at radius 3 is 2.39 bits per heavy atom. The number of carbonyl (C=O) groups excluding carboxylic acids is 1. The van der Waals surface area contributed by atoms with E-state index in [1.807, 2.05) is 6.92 Å². The molecule has 0 saturated carbocycles. The molecule has 0 fully saturated rings. The third-order valence-electron chi connectivity index (χ3n) is 4.31. The number of amides is 2. The third-order valence-corrected chi connectivity index (χ3v) is 4.64. The van der Waals surface area contributed by atoms with E-state index in [0.29, 0.717) is 29.4 Å². The zero-order valence-electron chi connectivity index (χ0n) is 17.3. The highest BCUT2D eigenvalue weighted by molar-refractivity contribution is 6.31. The zero-order valence-corrected chi connectivity index (χ0v) is 18.0. The van der Waals surface area contributed by atoms with Crippen LogP contribution in [0.4, 0.5) is 29.3 Å². The number of urea groups is 1. The number of nitrogens with one attached hydrogen (secondary N) is 3. The number of aliphatic hydroxyl groups is 1. The average Bonchev–Trinajstić information content (AvgIpc) is 2.76. The molecule has 1 unspecified atom stereocenters. The summed E-state index contributed by atoms with van der Waals surface area (Å²) >= 11 is 5.58. The van der Waals surface area contributed by atoms with Crippen LogP contribution in [0.15, 0.2) is 60.8 Å². The van der Waals surface area contributed by atoms with Gasteiger partial charge in [-0.3, -0.25) is 10.3 Å². The molecule has 174 valence electrons. The van der Waals surface area contributed by atoms with E-state index in [2.05, 4.69) is 20.9 Å². The van der Waals surface area contributed by atoms with Gasteiger partial charge in [0.05, 0.1) is 16.3 Å². The molecule has 1 aromatic heterocycles. The second kappa shape index (κ2) is 10.5. The molecule has 3 aromatic rings. The quantitative estimate of drug-likeness (QED) is 0.321. The number of nitrogens with zero attached hydrogens (tertiary/aromatic N) is 1. The number of alkyl halides is 3. The number of hydrogen-bond donors (Lipinski definition) is 4. The SMILES string of the molecule is CCNC(O)c1cc(Oc2ccc(NC(=O)Nc3ccc(Cl)c(C(F)(F)F)c3)cc2)ccn1. The van der Waals surface area contributed by atoms with Crippen LogP contribution in [0.5, 0.6) is 11.5 Å². The second-order valence-corrected chi connectivity index (χ2v) is 7.18. The minimum atomic E-state index is -4.64. The monoisotopic (exact) mass is 480 g/mol. The van der Waals surface area contributed by atoms with E-state index >= 15 is 0 Å². The molecular weight excluding hydrogens is 461 g/mol. The van der Waals surface area contributed by atoms with Crippen molar-refractivity contribution in [2.45, 2.75) is 19.3 Å². The van der Waals surface area contributed by atoms with E-state index in [1.165, 1.54) is 12.3 Å². The fraction of sp³-hybridized carbons (Fsp3) is 0.182. The van der Waals surface area contributed by atoms with Crippen LogP contribution in [0.1, 0.15) is 24.4 Å². The fourth-order valence-electron chi connectivity index (χ4n) is 2.79. The van der Waals surface area contributed by atoms with Gasteiger partial charge in [0.25, 0.3) is 0 Å². The molecule has 4 N–H and O–H groups in total. The van der Waals surface area contributed by atoms with Crippen LogP contribution in [0.3, 0.4) is 0 Å². The Morgan fingerprint density at radius 2 is 1.73 bits per heavy atom. The lowest BCUT2D eigenvalue weighted by Crippen LogP contribution is -2.21. The van der Waals surface area contributed by atoms with Gasteiger partial charge in [0.15, 0.2) is 0 Å². The van der Waals surface area contributed by atoms with Gasteiger partial charge in [-0.05, 0) is 55.1 Å². The summed E-state index contributed by atoms with van der Waals surface area (Å²) in [5.74, 6) is 0.919. The standard InChI is InChI=1S/C22H20ClF3N4O3/c1-2-27-20(31)19-12-16(9-10-28-19)33-15-6-3-13(4-7-15)29-21(32)30-14-5-8-18(23)17(11-14)22(24,25)26/h3-12,20,27,31H,2H2,1H3,(H2,29,30,32). The van der Waals surface area contributed by atoms with Crippen LogP contribution in [0, 0.1) is 0 Å². The van der Waals surface area contributed by atoms with Gasteiger partial charge < -0.3 is 20.5 Å². The first kappa shape index (κ1) is 24.3. The summed E-state index contributed by atoms with van der Waals surface area (Å²) in [4.78, 5) is 16.2. The van der Waals surface area contributed by atoms with Gasteiger partial charge in [-0.25, -0.2) is 4.79 Å². The van der Waals surface area contributed by atoms with Crippen LogP contribution in [0.25, 0.3) is 0 Å². The molecule has 0 aliphatic rings. The van der Waals surface area contributed by atoms with Crippen molar-refractivity contribution in [3.05, 3.63) is 77.1 Å². The number of rotatable bonds is 7. The number of aliphatic hydroxyl groups excluding tert-OH is 1. The Hall–Kier alpha value is -3.34. The lowest BCUT2D eigenvalue weighted by Gasteiger charge is -2.13. The minimum absolute atomic E-state index is 0.0579. The van der Waals surface area contributed by atoms with Crippen molar-refractivity contribution < 1.29 is 27.8 Å². The van der Waals surface area contributed by atoms with Gasteiger partial charge >= 0.3 is 12.2 Å². The van der Waals surface area contributed by atoms with Gasteiger partial charge in [-0.2, -0.15) is 13.2 Å². The summed E-state index contributed by atoms with van der Waals surface area (Å²) in [7, 11) is 0. The summed E-state index contributed by atoms with van der Waals surface area (Å²) in [5.41, 5.74) is -0.304. The molecular formula is C22H20ClF3N4O3. The smallest absolute Gasteiger partial charge is 0.417 e. The second-order valence-electron chi connectivity index (χ2n) is 6.77. The topological polar surface area (TPSA) is 95.5 Å². The van der Waals surface area contributed by atoms with Crippen LogP contribution in [-0.4, -0.2) is 22.7 Å². The number of hydrogen-bond acceptors (Lipinski definition) is 5. The summed E-state index contributed by atoms with van der Waals surface area (Å²) < 4.78 is 44.6. The Bertz CT molecular complexity index is 1110. The Morgan fingerprint density at radius 1 is 1.06 bits per heavy atom. The number of ether oxygens (including phenoxy) is 1. The Kier molecular flexibility index (Phi) is 7.75. The normalized spacial score (nSPS) is 12.2. The molecule has 2 aromatic carbocycles. The van der Waals surface area contributed by atoms with E-state index in [4.69, 9.17) is 16.3 Å². The van der Waals surface area contributed by atoms with E-state index in [-0.39, 0.29) is 5.69 Å². The number of benzene rings is 2. The maximum atomic E-state index is 13.0. The molecule has 2 amide bonds. The third kappa shape index (κ3) is 6.82. The highest BCUT2D eigenvalue weighted by atomic mass is 35.5. The van der Waals surface area contributed by atoms with Crippen molar-refractivity contribution in [3.63, 3.8) is 0 Å². The summed E-state index contributed by atoms with van der Waals surface area (Å²) in [6.45, 7) is 2.42. The molecule has 0 aliphatic carbocycles. The van der Waals surface area contributed by atoms with Gasteiger partial charge in [0.1, 0.15) is 17.7 Å². The highest BCUT2D eigenvalue weighted by Gasteiger charge is 2.33. The average molecular weight is 481 g/mol. The predicted octanol–water partition coefficient (Wildman–Crippen LogP) is 5.79. The zero-order chi connectivity index (χ0) is 24.0. The van der Waals surface area contributed by atoms with E-state index in [0.717, 1.165) is 12.1 Å². The van der Waals surface area contributed by atoms with Crippen LogP contribution < -0.4 is 20.7 Å². The minimum Gasteiger partial charge on any atom is -0.457 e. The van der Waals surface area contributed by atoms with Crippen molar-refractivity contribution in [1.29, 1.82) is 0 Å². The molecule has 11 heteroatoms. The number of pyridine rings is 1. The maximum absolute atomic E-state index is 13.0. The summed E-state index contributed by atoms with van der Waals surface area (Å²) in [5, 5.41) is 17.2. The van der Waals surface area contributed by atoms with Gasteiger partial charge in [-0.15, -0.1) is 0 Å². The molecule has 3 rings (SSSR count). The van der Waals surface area contributed by atoms with Gasteiger partial charge in [0, 0.05) is 23.6 Å². The molecule has 7 nitrogen and oxygen atoms in total. The molecule has 0 saturated heterocycles. The summed E-state index contributed by atoms with van der Waals surface area (Å²) in [6, 6.07) is 11.9. The van der Waals surface area contributed by atoms with Crippen molar-refractivity contribution in [3.8, 4) is 11.5 Å². The van der Waals surface area contributed by atoms with Crippen molar-refractivity contribution >= 4 is 29.0 Å². The first-order chi connectivity index (χ1) is 15.7. The number of carbonyl (C=O) groups is 1. The Balaban J connectivity index is 1.61. The van der Waals surface area contributed by atoms with Crippen LogP contribution >= 0.6 is 11.6 Å². The highest BCUT2D eigenvalue weighted by Crippen LogP contribution is 2.36. The molecule has 1 atom stereocenters. The number of aromatic nitrogens is 1. The van der Waals surface area contributed by atoms with Crippen molar-refractivity contribution in [1.82, 2.24) is 10.3 Å². The molecule has 33 heavy (non-hydrogen) atoms.